The molecule has 0 atom stereocenters. The number of furan rings is 2. The molecule has 0 amide bonds. The van der Waals surface area contributed by atoms with E-state index in [4.69, 9.17) is 23.8 Å². The third-order valence-electron chi connectivity index (χ3n) is 13.5. The first-order chi connectivity index (χ1) is 34.2. The van der Waals surface area contributed by atoms with Crippen molar-refractivity contribution in [3.05, 3.63) is 231 Å². The first kappa shape index (κ1) is 38.8. The summed E-state index contributed by atoms with van der Waals surface area (Å²) in [5, 5.41) is 6.57. The minimum absolute atomic E-state index is 0.571. The Morgan fingerprint density at radius 2 is 0.783 bits per heavy atom. The number of fused-ring (bicyclic) bond motifs is 9. The maximum atomic E-state index is 6.86. The van der Waals surface area contributed by atoms with E-state index in [9.17, 15) is 0 Å². The van der Waals surface area contributed by atoms with Crippen LogP contribution in [0, 0.1) is 0 Å². The van der Waals surface area contributed by atoms with Crippen LogP contribution in [0.15, 0.2) is 239 Å². The number of hydrogen-bond donors (Lipinski definition) is 0. The molecule has 0 spiro atoms. The van der Waals surface area contributed by atoms with Crippen molar-refractivity contribution in [3.63, 3.8) is 0 Å². The van der Waals surface area contributed by atoms with Crippen LogP contribution >= 0.6 is 0 Å². The van der Waals surface area contributed by atoms with Gasteiger partial charge in [0.2, 0.25) is 0 Å². The summed E-state index contributed by atoms with van der Waals surface area (Å²) in [5.74, 6) is 1.78. The fourth-order valence-electron chi connectivity index (χ4n) is 10.1. The van der Waals surface area contributed by atoms with E-state index >= 15 is 0 Å². The molecule has 0 saturated carbocycles. The van der Waals surface area contributed by atoms with Crippen molar-refractivity contribution in [1.82, 2.24) is 19.5 Å². The second-order valence-electron chi connectivity index (χ2n) is 17.5. The molecule has 69 heavy (non-hydrogen) atoms. The van der Waals surface area contributed by atoms with Gasteiger partial charge in [-0.2, -0.15) is 0 Å². The number of para-hydroxylation sites is 2. The van der Waals surface area contributed by atoms with Crippen molar-refractivity contribution in [2.45, 2.75) is 0 Å². The van der Waals surface area contributed by atoms with Gasteiger partial charge < -0.3 is 13.4 Å². The van der Waals surface area contributed by atoms with Gasteiger partial charge in [0.05, 0.1) is 22.1 Å². The zero-order chi connectivity index (χ0) is 45.4. The second kappa shape index (κ2) is 15.6. The van der Waals surface area contributed by atoms with Crippen molar-refractivity contribution in [2.75, 3.05) is 0 Å². The highest BCUT2D eigenvalue weighted by Gasteiger charge is 2.22. The molecule has 0 fully saturated rings. The fourth-order valence-corrected chi connectivity index (χ4v) is 10.1. The van der Waals surface area contributed by atoms with Gasteiger partial charge in [0.15, 0.2) is 17.5 Å². The standard InChI is InChI=1S/C63H38N4O2/c1-4-14-39(15-5-1)41-24-26-43(27-25-41)62-64-61(42-18-8-3-9-19-42)65-63(66-62)46-29-32-50-49-31-28-45(37-57(49)68-58(50)38-46)47-33-35-55(59-51-21-11-13-23-56(51)69-60(47)59)67-53-22-12-10-20-48(53)52-36-44(30-34-54(52)67)40-16-6-2-7-17-40/h1-38H. The first-order valence-corrected chi connectivity index (χ1v) is 23.2. The lowest BCUT2D eigenvalue weighted by molar-refractivity contribution is 0.668. The van der Waals surface area contributed by atoms with Gasteiger partial charge in [-0.1, -0.05) is 170 Å². The molecule has 322 valence electrons. The van der Waals surface area contributed by atoms with Crippen LogP contribution in [0.1, 0.15) is 0 Å². The lowest BCUT2D eigenvalue weighted by Gasteiger charge is -2.12. The third kappa shape index (κ3) is 6.45. The molecular weight excluding hydrogens is 845 g/mol. The normalized spacial score (nSPS) is 11.8. The summed E-state index contributed by atoms with van der Waals surface area (Å²) < 4.78 is 16.0. The van der Waals surface area contributed by atoms with Gasteiger partial charge in [0.1, 0.15) is 22.3 Å². The molecule has 0 radical (unpaired) electrons. The zero-order valence-electron chi connectivity index (χ0n) is 37.0. The molecule has 14 rings (SSSR count). The SMILES string of the molecule is c1ccc(-c2ccc(-c3nc(-c4ccccc4)nc(-c4ccc5c(c4)oc4cc(-c6ccc(-n7c8ccccc8c8cc(-c9ccccc9)ccc87)c7c6oc6ccccc67)ccc45)n3)cc2)cc1. The number of benzene rings is 10. The largest absolute Gasteiger partial charge is 0.456 e. The molecule has 6 heteroatoms. The summed E-state index contributed by atoms with van der Waals surface area (Å²) in [7, 11) is 0. The number of rotatable bonds is 7. The van der Waals surface area contributed by atoms with Crippen LogP contribution in [-0.4, -0.2) is 19.5 Å². The van der Waals surface area contributed by atoms with Crippen LogP contribution in [0.4, 0.5) is 0 Å². The van der Waals surface area contributed by atoms with E-state index in [1.165, 1.54) is 21.9 Å². The Morgan fingerprint density at radius 3 is 1.49 bits per heavy atom. The third-order valence-corrected chi connectivity index (χ3v) is 13.5. The average molecular weight is 883 g/mol. The van der Waals surface area contributed by atoms with Crippen LogP contribution in [-0.2, 0) is 0 Å². The summed E-state index contributed by atoms with van der Waals surface area (Å²) in [5.41, 5.74) is 15.9. The Morgan fingerprint density at radius 1 is 0.290 bits per heavy atom. The molecule has 14 aromatic rings. The Balaban J connectivity index is 0.881. The molecule has 0 bridgehead atoms. The zero-order valence-corrected chi connectivity index (χ0v) is 37.0. The van der Waals surface area contributed by atoms with Crippen LogP contribution in [0.2, 0.25) is 0 Å². The highest BCUT2D eigenvalue weighted by atomic mass is 16.3. The van der Waals surface area contributed by atoms with Gasteiger partial charge in [-0.3, -0.25) is 0 Å². The van der Waals surface area contributed by atoms with Crippen molar-refractivity contribution in [2.24, 2.45) is 0 Å². The molecule has 0 aliphatic heterocycles. The lowest BCUT2D eigenvalue weighted by Crippen LogP contribution is -2.00. The van der Waals surface area contributed by atoms with E-state index in [0.717, 1.165) is 99.5 Å². The molecule has 10 aromatic carbocycles. The topological polar surface area (TPSA) is 69.9 Å². The van der Waals surface area contributed by atoms with E-state index in [-0.39, 0.29) is 0 Å². The van der Waals surface area contributed by atoms with Crippen LogP contribution in [0.5, 0.6) is 0 Å². The van der Waals surface area contributed by atoms with Crippen LogP contribution < -0.4 is 0 Å². The highest BCUT2D eigenvalue weighted by Crippen LogP contribution is 2.44. The van der Waals surface area contributed by atoms with E-state index in [1.54, 1.807) is 0 Å². The van der Waals surface area contributed by atoms with E-state index in [2.05, 4.69) is 187 Å². The van der Waals surface area contributed by atoms with Gasteiger partial charge >= 0.3 is 0 Å². The van der Waals surface area contributed by atoms with Crippen molar-refractivity contribution in [3.8, 4) is 73.2 Å². The molecule has 0 unspecified atom stereocenters. The minimum atomic E-state index is 0.571. The monoisotopic (exact) mass is 882 g/mol. The van der Waals surface area contributed by atoms with Crippen LogP contribution in [0.25, 0.3) is 139 Å². The summed E-state index contributed by atoms with van der Waals surface area (Å²) >= 11 is 0. The second-order valence-corrected chi connectivity index (χ2v) is 17.5. The smallest absolute Gasteiger partial charge is 0.164 e. The van der Waals surface area contributed by atoms with Gasteiger partial charge in [0.25, 0.3) is 0 Å². The summed E-state index contributed by atoms with van der Waals surface area (Å²) in [6.45, 7) is 0. The van der Waals surface area contributed by atoms with Crippen LogP contribution in [0.3, 0.4) is 0 Å². The molecule has 4 heterocycles. The molecule has 6 nitrogen and oxygen atoms in total. The van der Waals surface area contributed by atoms with Crippen molar-refractivity contribution >= 4 is 65.7 Å². The summed E-state index contributed by atoms with van der Waals surface area (Å²) in [4.78, 5) is 15.1. The van der Waals surface area contributed by atoms with Gasteiger partial charge in [-0.15, -0.1) is 0 Å². The summed E-state index contributed by atoms with van der Waals surface area (Å²) in [6.07, 6.45) is 0. The van der Waals surface area contributed by atoms with E-state index in [0.29, 0.717) is 17.5 Å². The van der Waals surface area contributed by atoms with Gasteiger partial charge in [0, 0.05) is 49.2 Å². The Hall–Kier alpha value is -9.39. The summed E-state index contributed by atoms with van der Waals surface area (Å²) in [6, 6.07) is 80.4. The molecule has 0 aliphatic carbocycles. The number of aromatic nitrogens is 4. The number of hydrogen-bond acceptors (Lipinski definition) is 5. The maximum absolute atomic E-state index is 6.86. The molecule has 0 aliphatic rings. The fraction of sp³-hybridized carbons (Fsp3) is 0. The molecular formula is C63H38N4O2. The quantitative estimate of drug-likeness (QED) is 0.159. The lowest BCUT2D eigenvalue weighted by atomic mass is 9.99. The van der Waals surface area contributed by atoms with Crippen molar-refractivity contribution in [1.29, 1.82) is 0 Å². The molecule has 0 saturated heterocycles. The number of nitrogens with zero attached hydrogens (tertiary/aromatic N) is 4. The minimum Gasteiger partial charge on any atom is -0.456 e. The average Bonchev–Trinajstić information content (AvgIpc) is 4.10. The van der Waals surface area contributed by atoms with Gasteiger partial charge in [-0.25, -0.2) is 15.0 Å². The Labute approximate surface area is 396 Å². The predicted octanol–water partition coefficient (Wildman–Crippen LogP) is 16.8. The van der Waals surface area contributed by atoms with Gasteiger partial charge in [-0.05, 0) is 88.5 Å². The Bertz CT molecular complexity index is 4290. The first-order valence-electron chi connectivity index (χ1n) is 23.2. The predicted molar refractivity (Wildman–Crippen MR) is 281 cm³/mol. The highest BCUT2D eigenvalue weighted by molar-refractivity contribution is 6.17. The van der Waals surface area contributed by atoms with E-state index in [1.807, 2.05) is 48.5 Å². The molecule has 4 aromatic heterocycles. The van der Waals surface area contributed by atoms with E-state index < -0.39 is 0 Å². The molecule has 0 N–H and O–H groups in total. The Kier molecular flexibility index (Phi) is 8.79. The van der Waals surface area contributed by atoms with Crippen molar-refractivity contribution < 1.29 is 8.83 Å². The maximum Gasteiger partial charge on any atom is 0.164 e.